The number of hydrogen-bond donors (Lipinski definition) is 1. The summed E-state index contributed by atoms with van der Waals surface area (Å²) in [5, 5.41) is 20.0. The minimum atomic E-state index is -4.55. The molecule has 0 atom stereocenters. The monoisotopic (exact) mass is 371 g/mol. The number of anilines is 1. The van der Waals surface area contributed by atoms with Gasteiger partial charge in [-0.25, -0.2) is 8.42 Å². The molecule has 0 aliphatic rings. The summed E-state index contributed by atoms with van der Waals surface area (Å²) in [7, 11) is -4.55. The van der Waals surface area contributed by atoms with Gasteiger partial charge in [-0.15, -0.1) is 5.11 Å². The maximum atomic E-state index is 11.3. The lowest BCUT2D eigenvalue weighted by Gasteiger charge is -2.06. The number of hydrogen-bond acceptors (Lipinski definition) is 8. The molecule has 26 heavy (non-hydrogen) atoms. The second kappa shape index (κ2) is 6.50. The molecule has 3 aromatic rings. The third-order valence-corrected chi connectivity index (χ3v) is 4.48. The van der Waals surface area contributed by atoms with Gasteiger partial charge < -0.3 is 10.3 Å². The summed E-state index contributed by atoms with van der Waals surface area (Å²) in [5.41, 5.74) is 6.61. The highest BCUT2D eigenvalue weighted by Crippen LogP contribution is 2.37. The van der Waals surface area contributed by atoms with Crippen LogP contribution in [0.4, 0.5) is 22.7 Å². The first-order valence-corrected chi connectivity index (χ1v) is 8.61. The molecule has 3 aromatic carbocycles. The molecule has 0 bridgehead atoms. The molecule has 0 aromatic heterocycles. The molecule has 0 spiro atoms. The Labute approximate surface area is 147 Å². The van der Waals surface area contributed by atoms with Crippen molar-refractivity contribution in [2.45, 2.75) is 4.90 Å². The first kappa shape index (κ1) is 17.5. The molecular weight excluding hydrogens is 360 g/mol. The van der Waals surface area contributed by atoms with Crippen LogP contribution in [0, 0.1) is 10.1 Å². The van der Waals surface area contributed by atoms with Gasteiger partial charge in [-0.3, -0.25) is 10.1 Å². The van der Waals surface area contributed by atoms with E-state index in [4.69, 9.17) is 5.73 Å². The summed E-state index contributed by atoms with van der Waals surface area (Å²) in [6.07, 6.45) is 0. The van der Waals surface area contributed by atoms with Gasteiger partial charge in [0.15, 0.2) is 0 Å². The van der Waals surface area contributed by atoms with Gasteiger partial charge in [0.25, 0.3) is 5.69 Å². The van der Waals surface area contributed by atoms with Crippen molar-refractivity contribution in [1.29, 1.82) is 0 Å². The van der Waals surface area contributed by atoms with Crippen LogP contribution < -0.4 is 5.73 Å². The van der Waals surface area contributed by atoms with Gasteiger partial charge in [-0.1, -0.05) is 12.1 Å². The molecule has 0 heterocycles. The van der Waals surface area contributed by atoms with E-state index in [1.54, 1.807) is 12.1 Å². The molecule has 0 aliphatic heterocycles. The first-order valence-electron chi connectivity index (χ1n) is 7.20. The quantitative estimate of drug-likeness (QED) is 0.243. The van der Waals surface area contributed by atoms with Crippen molar-refractivity contribution in [1.82, 2.24) is 0 Å². The Balaban J connectivity index is 2.07. The number of rotatable bonds is 4. The van der Waals surface area contributed by atoms with E-state index in [0.717, 1.165) is 12.1 Å². The Morgan fingerprint density at radius 2 is 1.65 bits per heavy atom. The molecule has 0 aliphatic carbocycles. The van der Waals surface area contributed by atoms with Crippen molar-refractivity contribution >= 4 is 43.6 Å². The maximum Gasteiger partial charge on any atom is 0.279 e. The van der Waals surface area contributed by atoms with Crippen LogP contribution in [-0.4, -0.2) is 17.9 Å². The summed E-state index contributed by atoms with van der Waals surface area (Å²) in [6.45, 7) is 0. The molecule has 0 saturated heterocycles. The lowest BCUT2D eigenvalue weighted by Crippen LogP contribution is -1.97. The number of nitro groups is 1. The van der Waals surface area contributed by atoms with Crippen molar-refractivity contribution < 1.29 is 17.9 Å². The van der Waals surface area contributed by atoms with E-state index in [2.05, 4.69) is 10.2 Å². The highest BCUT2D eigenvalue weighted by molar-refractivity contribution is 7.85. The van der Waals surface area contributed by atoms with E-state index in [1.165, 1.54) is 30.3 Å². The van der Waals surface area contributed by atoms with Crippen LogP contribution in [0.1, 0.15) is 0 Å². The standard InChI is InChI=1S/C16H12N4O5S/c17-13-8-9-14(16-12(13)2-1-3-15(16)20(21)22)19-18-10-4-6-11(7-5-10)26(23,24)25/h1-9H,17H2,(H,23,24,25)/p-1. The van der Waals surface area contributed by atoms with Crippen LogP contribution in [0.3, 0.4) is 0 Å². The van der Waals surface area contributed by atoms with Crippen LogP contribution in [0.2, 0.25) is 0 Å². The summed E-state index contributed by atoms with van der Waals surface area (Å²) in [6, 6.07) is 12.4. The predicted molar refractivity (Wildman–Crippen MR) is 93.6 cm³/mol. The molecule has 3 rings (SSSR count). The Kier molecular flexibility index (Phi) is 4.36. The Morgan fingerprint density at radius 3 is 2.27 bits per heavy atom. The molecule has 0 saturated carbocycles. The number of benzene rings is 3. The second-order valence-electron chi connectivity index (χ2n) is 5.28. The zero-order chi connectivity index (χ0) is 18.9. The smallest absolute Gasteiger partial charge is 0.279 e. The van der Waals surface area contributed by atoms with E-state index in [1.807, 2.05) is 0 Å². The average Bonchev–Trinajstić information content (AvgIpc) is 2.60. The van der Waals surface area contributed by atoms with Crippen molar-refractivity contribution in [3.8, 4) is 0 Å². The molecule has 0 amide bonds. The van der Waals surface area contributed by atoms with E-state index in [9.17, 15) is 23.1 Å². The fourth-order valence-corrected chi connectivity index (χ4v) is 2.89. The van der Waals surface area contributed by atoms with Gasteiger partial charge in [0.2, 0.25) is 0 Å². The summed E-state index contributed by atoms with van der Waals surface area (Å²) >= 11 is 0. The van der Waals surface area contributed by atoms with E-state index < -0.39 is 15.0 Å². The van der Waals surface area contributed by atoms with Crippen LogP contribution in [-0.2, 0) is 10.1 Å². The molecule has 0 unspecified atom stereocenters. The highest BCUT2D eigenvalue weighted by atomic mass is 32.2. The van der Waals surface area contributed by atoms with Crippen molar-refractivity contribution in [3.05, 3.63) is 64.7 Å². The predicted octanol–water partition coefficient (Wildman–Crippen LogP) is 3.65. The largest absolute Gasteiger partial charge is 0.744 e. The van der Waals surface area contributed by atoms with Gasteiger partial charge in [-0.05, 0) is 36.4 Å². The number of fused-ring (bicyclic) bond motifs is 1. The summed E-state index contributed by atoms with van der Waals surface area (Å²) in [4.78, 5) is 10.4. The van der Waals surface area contributed by atoms with Crippen LogP contribution in [0.15, 0.2) is 69.7 Å². The normalized spacial score (nSPS) is 11.9. The number of nitro benzene ring substituents is 1. The Morgan fingerprint density at radius 1 is 0.962 bits per heavy atom. The van der Waals surface area contributed by atoms with E-state index in [-0.39, 0.29) is 27.3 Å². The fraction of sp³-hybridized carbons (Fsp3) is 0. The lowest BCUT2D eigenvalue weighted by molar-refractivity contribution is -0.383. The molecule has 10 heteroatoms. The van der Waals surface area contributed by atoms with E-state index in [0.29, 0.717) is 11.1 Å². The minimum absolute atomic E-state index is 0.156. The molecule has 2 N–H and O–H groups in total. The number of nitrogens with two attached hydrogens (primary N) is 1. The second-order valence-corrected chi connectivity index (χ2v) is 6.66. The molecule has 132 valence electrons. The molecule has 0 radical (unpaired) electrons. The van der Waals surface area contributed by atoms with Gasteiger partial charge in [-0.2, -0.15) is 5.11 Å². The number of nitrogens with zero attached hydrogens (tertiary/aromatic N) is 3. The summed E-state index contributed by atoms with van der Waals surface area (Å²) in [5.74, 6) is 0. The van der Waals surface area contributed by atoms with Crippen LogP contribution in [0.25, 0.3) is 10.8 Å². The molecule has 9 nitrogen and oxygen atoms in total. The third-order valence-electron chi connectivity index (χ3n) is 3.63. The van der Waals surface area contributed by atoms with Gasteiger partial charge in [0.1, 0.15) is 15.8 Å². The summed E-state index contributed by atoms with van der Waals surface area (Å²) < 4.78 is 32.8. The average molecular weight is 371 g/mol. The zero-order valence-corrected chi connectivity index (χ0v) is 13.9. The fourth-order valence-electron chi connectivity index (χ4n) is 2.42. The van der Waals surface area contributed by atoms with Crippen molar-refractivity contribution in [2.75, 3.05) is 5.73 Å². The van der Waals surface area contributed by atoms with Crippen LogP contribution >= 0.6 is 0 Å². The first-order chi connectivity index (χ1) is 12.3. The van der Waals surface area contributed by atoms with Crippen molar-refractivity contribution in [2.24, 2.45) is 10.2 Å². The van der Waals surface area contributed by atoms with Crippen molar-refractivity contribution in [3.63, 3.8) is 0 Å². The molecular formula is C16H11N4O5S-. The third kappa shape index (κ3) is 3.36. The maximum absolute atomic E-state index is 11.3. The van der Waals surface area contributed by atoms with Crippen LogP contribution in [0.5, 0.6) is 0 Å². The van der Waals surface area contributed by atoms with E-state index >= 15 is 0 Å². The topological polar surface area (TPSA) is 151 Å². The lowest BCUT2D eigenvalue weighted by atomic mass is 10.1. The number of non-ortho nitro benzene ring substituents is 1. The zero-order valence-electron chi connectivity index (χ0n) is 13.1. The number of azo groups is 1. The highest BCUT2D eigenvalue weighted by Gasteiger charge is 2.16. The Hall–Kier alpha value is -3.37. The molecule has 0 fully saturated rings. The Bertz CT molecular complexity index is 1140. The van der Waals surface area contributed by atoms with Gasteiger partial charge in [0, 0.05) is 17.1 Å². The van der Waals surface area contributed by atoms with Gasteiger partial charge in [0.05, 0.1) is 20.9 Å². The number of nitrogen functional groups attached to an aromatic ring is 1. The minimum Gasteiger partial charge on any atom is -0.744 e. The van der Waals surface area contributed by atoms with Gasteiger partial charge >= 0.3 is 0 Å². The SMILES string of the molecule is Nc1ccc(N=Nc2ccc(S(=O)(=O)[O-])cc2)c2c([N+](=O)[O-])cccc12.